The summed E-state index contributed by atoms with van der Waals surface area (Å²) < 4.78 is 90.0. The van der Waals surface area contributed by atoms with Gasteiger partial charge in [-0.2, -0.15) is 13.2 Å². The van der Waals surface area contributed by atoms with Crippen molar-refractivity contribution in [3.05, 3.63) is 65.2 Å². The van der Waals surface area contributed by atoms with Crippen molar-refractivity contribution < 1.29 is 45.8 Å². The lowest BCUT2D eigenvalue weighted by molar-refractivity contribution is -0.138. The third-order valence-corrected chi connectivity index (χ3v) is 5.47. The third kappa shape index (κ3) is 6.62. The van der Waals surface area contributed by atoms with Crippen LogP contribution in [0.3, 0.4) is 0 Å². The number of hydrogen-bond acceptors (Lipinski definition) is 4. The molecule has 0 saturated carbocycles. The van der Waals surface area contributed by atoms with Crippen LogP contribution in [0.15, 0.2) is 48.5 Å². The van der Waals surface area contributed by atoms with Gasteiger partial charge in [0.2, 0.25) is 5.91 Å². The number of halogens is 6. The normalized spacial score (nSPS) is 17.1. The lowest BCUT2D eigenvalue weighted by Crippen LogP contribution is -2.34. The van der Waals surface area contributed by atoms with Crippen molar-refractivity contribution in [3.8, 4) is 5.75 Å². The van der Waals surface area contributed by atoms with Gasteiger partial charge in [0.15, 0.2) is 0 Å². The van der Waals surface area contributed by atoms with E-state index in [0.29, 0.717) is 12.1 Å². The highest BCUT2D eigenvalue weighted by Crippen LogP contribution is 2.44. The van der Waals surface area contributed by atoms with Crippen LogP contribution in [0, 0.1) is 0 Å². The van der Waals surface area contributed by atoms with Gasteiger partial charge in [-0.3, -0.25) is 9.59 Å². The maximum atomic E-state index is 15.1. The molecule has 12 heteroatoms. The van der Waals surface area contributed by atoms with Gasteiger partial charge in [0, 0.05) is 36.7 Å². The number of carbonyl (C=O) groups is 2. The quantitative estimate of drug-likeness (QED) is 0.405. The smallest absolute Gasteiger partial charge is 0.417 e. The number of para-hydroxylation sites is 1. The van der Waals surface area contributed by atoms with E-state index in [1.165, 1.54) is 24.3 Å². The first-order valence-corrected chi connectivity index (χ1v) is 11.2. The molecule has 0 saturated heterocycles. The number of amides is 2. The number of ether oxygens (including phenoxy) is 1. The molecule has 2 aromatic carbocycles. The Morgan fingerprint density at radius 1 is 1.22 bits per heavy atom. The molecule has 2 aromatic rings. The summed E-state index contributed by atoms with van der Waals surface area (Å²) in [5.41, 5.74) is -3.20. The molecule has 200 valence electrons. The SMILES string of the molecule is C[C@H](F)COc1ccc(C(=O)N2CCC(F)(F)C(=CC(=O)NCCO)c3ccccc32)c(C(F)(F)F)c1. The van der Waals surface area contributed by atoms with E-state index in [0.717, 1.165) is 24.0 Å². The molecule has 0 radical (unpaired) electrons. The lowest BCUT2D eigenvalue weighted by Gasteiger charge is -2.24. The number of aliphatic hydroxyl groups is 1. The fraction of sp³-hybridized carbons (Fsp3) is 0.360. The van der Waals surface area contributed by atoms with Crippen molar-refractivity contribution in [2.75, 3.05) is 31.2 Å². The van der Waals surface area contributed by atoms with Gasteiger partial charge in [-0.05, 0) is 31.2 Å². The zero-order chi connectivity index (χ0) is 27.4. The van der Waals surface area contributed by atoms with Crippen molar-refractivity contribution in [1.82, 2.24) is 5.32 Å². The molecule has 0 fully saturated rings. The summed E-state index contributed by atoms with van der Waals surface area (Å²) in [5, 5.41) is 11.1. The Labute approximate surface area is 208 Å². The van der Waals surface area contributed by atoms with Crippen LogP contribution in [0.5, 0.6) is 5.75 Å². The maximum absolute atomic E-state index is 15.1. The first kappa shape index (κ1) is 28.0. The predicted molar refractivity (Wildman–Crippen MR) is 123 cm³/mol. The van der Waals surface area contributed by atoms with Crippen LogP contribution in [0.25, 0.3) is 5.57 Å². The summed E-state index contributed by atoms with van der Waals surface area (Å²) in [6.45, 7) is -0.575. The van der Waals surface area contributed by atoms with Gasteiger partial charge < -0.3 is 20.1 Å². The first-order chi connectivity index (χ1) is 17.3. The van der Waals surface area contributed by atoms with E-state index in [9.17, 15) is 27.2 Å². The Hall–Kier alpha value is -3.54. The van der Waals surface area contributed by atoms with E-state index in [2.05, 4.69) is 5.32 Å². The molecule has 0 aromatic heterocycles. The molecule has 1 aliphatic heterocycles. The number of rotatable bonds is 7. The highest BCUT2D eigenvalue weighted by Gasteiger charge is 2.43. The van der Waals surface area contributed by atoms with Crippen LogP contribution >= 0.6 is 0 Å². The van der Waals surface area contributed by atoms with Gasteiger partial charge in [-0.25, -0.2) is 13.2 Å². The second-order valence-corrected chi connectivity index (χ2v) is 8.30. The highest BCUT2D eigenvalue weighted by molar-refractivity contribution is 6.10. The number of carbonyl (C=O) groups excluding carboxylic acids is 2. The fourth-order valence-corrected chi connectivity index (χ4v) is 3.79. The lowest BCUT2D eigenvalue weighted by atomic mass is 9.97. The number of alkyl halides is 6. The molecular weight excluding hydrogens is 506 g/mol. The van der Waals surface area contributed by atoms with Crippen LogP contribution < -0.4 is 15.0 Å². The minimum absolute atomic E-state index is 0.106. The molecule has 1 aliphatic rings. The number of fused-ring (bicyclic) bond motifs is 1. The molecule has 0 aliphatic carbocycles. The molecule has 37 heavy (non-hydrogen) atoms. The molecule has 1 heterocycles. The van der Waals surface area contributed by atoms with E-state index in [1.807, 2.05) is 0 Å². The molecule has 0 unspecified atom stereocenters. The average Bonchev–Trinajstić information content (AvgIpc) is 2.94. The number of aliphatic hydroxyl groups excluding tert-OH is 1. The number of nitrogens with one attached hydrogen (secondary N) is 1. The van der Waals surface area contributed by atoms with E-state index >= 15 is 8.78 Å². The maximum Gasteiger partial charge on any atom is 0.417 e. The van der Waals surface area contributed by atoms with Gasteiger partial charge in [-0.1, -0.05) is 18.2 Å². The zero-order valence-corrected chi connectivity index (χ0v) is 19.6. The average molecular weight is 530 g/mol. The van der Waals surface area contributed by atoms with Crippen molar-refractivity contribution in [1.29, 1.82) is 0 Å². The zero-order valence-electron chi connectivity index (χ0n) is 19.6. The number of allylic oxidation sites excluding steroid dienone is 1. The van der Waals surface area contributed by atoms with Crippen molar-refractivity contribution >= 4 is 23.1 Å². The van der Waals surface area contributed by atoms with Gasteiger partial charge in [0.25, 0.3) is 11.8 Å². The summed E-state index contributed by atoms with van der Waals surface area (Å²) in [6.07, 6.45) is -6.76. The molecule has 1 atom stereocenters. The summed E-state index contributed by atoms with van der Waals surface area (Å²) >= 11 is 0. The van der Waals surface area contributed by atoms with Gasteiger partial charge in [0.1, 0.15) is 18.5 Å². The molecule has 2 N–H and O–H groups in total. The van der Waals surface area contributed by atoms with E-state index in [1.54, 1.807) is 0 Å². The highest BCUT2D eigenvalue weighted by atomic mass is 19.4. The van der Waals surface area contributed by atoms with E-state index < -0.39 is 73.0 Å². The largest absolute Gasteiger partial charge is 0.491 e. The molecule has 0 bridgehead atoms. The van der Waals surface area contributed by atoms with Gasteiger partial charge in [-0.15, -0.1) is 0 Å². The molecule has 2 amide bonds. The first-order valence-electron chi connectivity index (χ1n) is 11.2. The summed E-state index contributed by atoms with van der Waals surface area (Å²) in [5.74, 6) is -6.01. The van der Waals surface area contributed by atoms with Crippen LogP contribution in [-0.2, 0) is 11.0 Å². The van der Waals surface area contributed by atoms with E-state index in [4.69, 9.17) is 9.84 Å². The topological polar surface area (TPSA) is 78.9 Å². The fourth-order valence-electron chi connectivity index (χ4n) is 3.79. The van der Waals surface area contributed by atoms with Crippen LogP contribution in [0.4, 0.5) is 32.0 Å². The Morgan fingerprint density at radius 2 is 1.92 bits per heavy atom. The predicted octanol–water partition coefficient (Wildman–Crippen LogP) is 4.62. The van der Waals surface area contributed by atoms with Crippen molar-refractivity contribution in [2.24, 2.45) is 0 Å². The Bertz CT molecular complexity index is 1180. The second-order valence-electron chi connectivity index (χ2n) is 8.30. The van der Waals surface area contributed by atoms with Crippen molar-refractivity contribution in [2.45, 2.75) is 31.6 Å². The van der Waals surface area contributed by atoms with Gasteiger partial charge in [0.05, 0.1) is 23.4 Å². The summed E-state index contributed by atoms with van der Waals surface area (Å²) in [6, 6.07) is 7.83. The Kier molecular flexibility index (Phi) is 8.52. The minimum Gasteiger partial charge on any atom is -0.491 e. The summed E-state index contributed by atoms with van der Waals surface area (Å²) in [7, 11) is 0. The molecule has 6 nitrogen and oxygen atoms in total. The van der Waals surface area contributed by atoms with Gasteiger partial charge >= 0.3 is 6.18 Å². The number of hydrogen-bond donors (Lipinski definition) is 2. The number of nitrogens with zero attached hydrogens (tertiary/aromatic N) is 1. The molecule has 0 spiro atoms. The van der Waals surface area contributed by atoms with Crippen molar-refractivity contribution in [3.63, 3.8) is 0 Å². The Balaban J connectivity index is 2.08. The number of anilines is 1. The minimum atomic E-state index is -5.00. The van der Waals surface area contributed by atoms with E-state index in [-0.39, 0.29) is 23.5 Å². The molecular formula is C25H24F6N2O4. The third-order valence-electron chi connectivity index (χ3n) is 5.47. The standard InChI is InChI=1S/C25H24F6N2O4/c1-15(26)14-37-16-6-7-18(20(12-16)25(29,30)31)23(36)33-10-8-24(27,28)19(13-22(35)32-9-11-34)17-4-2-3-5-21(17)33/h2-7,12-13,15,34H,8-11,14H2,1H3,(H,32,35)/t15-/m0/s1. The van der Waals surface area contributed by atoms with Crippen LogP contribution in [-0.4, -0.2) is 55.3 Å². The number of benzene rings is 2. The van der Waals surface area contributed by atoms with Crippen LogP contribution in [0.1, 0.15) is 34.8 Å². The summed E-state index contributed by atoms with van der Waals surface area (Å²) in [4.78, 5) is 26.3. The van der Waals surface area contributed by atoms with Crippen LogP contribution in [0.2, 0.25) is 0 Å². The second kappa shape index (κ2) is 11.2. The molecule has 3 rings (SSSR count). The Morgan fingerprint density at radius 3 is 2.57 bits per heavy atom. The monoisotopic (exact) mass is 530 g/mol.